The largest absolute Gasteiger partial charge is 0.367 e. The first-order valence-electron chi connectivity index (χ1n) is 5.72. The van der Waals surface area contributed by atoms with Crippen molar-refractivity contribution in [2.75, 3.05) is 6.54 Å². The first-order chi connectivity index (χ1) is 7.74. The number of carbonyl (C=O) groups excluding carboxylic acids is 1. The minimum absolute atomic E-state index is 0.133. The molecule has 0 aromatic carbocycles. The van der Waals surface area contributed by atoms with Gasteiger partial charge >= 0.3 is 0 Å². The van der Waals surface area contributed by atoms with Crippen LogP contribution in [-0.2, 0) is 0 Å². The lowest BCUT2D eigenvalue weighted by atomic mass is 10.2. The minimum Gasteiger partial charge on any atom is -0.367 e. The van der Waals surface area contributed by atoms with Gasteiger partial charge in [0.25, 0.3) is 5.91 Å². The predicted octanol–water partition coefficient (Wildman–Crippen LogP) is 1.39. The second-order valence-electron chi connectivity index (χ2n) is 4.15. The lowest BCUT2D eigenvalue weighted by molar-refractivity contribution is 0.0741. The Morgan fingerprint density at radius 1 is 1.56 bits per heavy atom. The molecule has 1 aliphatic rings. The van der Waals surface area contributed by atoms with Crippen molar-refractivity contribution in [2.24, 2.45) is 0 Å². The van der Waals surface area contributed by atoms with Crippen LogP contribution >= 0.6 is 0 Å². The Morgan fingerprint density at radius 3 is 2.88 bits per heavy atom. The van der Waals surface area contributed by atoms with Gasteiger partial charge in [-0.25, -0.2) is 0 Å². The fourth-order valence-corrected chi connectivity index (χ4v) is 1.82. The Morgan fingerprint density at radius 2 is 2.31 bits per heavy atom. The van der Waals surface area contributed by atoms with Crippen LogP contribution in [0.2, 0.25) is 0 Å². The summed E-state index contributed by atoms with van der Waals surface area (Å²) >= 11 is 0. The molecule has 1 aliphatic carbocycles. The Bertz CT molecular complexity index is 435. The van der Waals surface area contributed by atoms with Crippen molar-refractivity contribution in [2.45, 2.75) is 32.2 Å². The van der Waals surface area contributed by atoms with E-state index in [4.69, 9.17) is 0 Å². The summed E-state index contributed by atoms with van der Waals surface area (Å²) in [6.07, 6.45) is 6.09. The van der Waals surface area contributed by atoms with Gasteiger partial charge in [0.05, 0.1) is 0 Å². The van der Waals surface area contributed by atoms with Gasteiger partial charge in [0.1, 0.15) is 5.56 Å². The van der Waals surface area contributed by atoms with Crippen molar-refractivity contribution in [3.05, 3.63) is 34.2 Å². The van der Waals surface area contributed by atoms with Gasteiger partial charge in [-0.3, -0.25) is 9.59 Å². The van der Waals surface area contributed by atoms with Gasteiger partial charge in [-0.1, -0.05) is 6.92 Å². The number of H-pyrrole nitrogens is 1. The van der Waals surface area contributed by atoms with E-state index < -0.39 is 0 Å². The highest BCUT2D eigenvalue weighted by Gasteiger charge is 2.33. The van der Waals surface area contributed by atoms with Gasteiger partial charge in [-0.2, -0.15) is 0 Å². The van der Waals surface area contributed by atoms with Crippen LogP contribution in [0.3, 0.4) is 0 Å². The topological polar surface area (TPSA) is 53.2 Å². The molecule has 4 nitrogen and oxygen atoms in total. The quantitative estimate of drug-likeness (QED) is 0.833. The molecule has 0 aliphatic heterocycles. The first kappa shape index (κ1) is 10.9. The highest BCUT2D eigenvalue weighted by atomic mass is 16.2. The van der Waals surface area contributed by atoms with E-state index in [0.29, 0.717) is 6.04 Å². The van der Waals surface area contributed by atoms with Crippen molar-refractivity contribution >= 4 is 5.91 Å². The lowest BCUT2D eigenvalue weighted by Crippen LogP contribution is -2.36. The molecule has 0 radical (unpaired) electrons. The zero-order chi connectivity index (χ0) is 11.5. The maximum Gasteiger partial charge on any atom is 0.259 e. The van der Waals surface area contributed by atoms with Gasteiger partial charge in [-0.05, 0) is 19.3 Å². The van der Waals surface area contributed by atoms with E-state index in [9.17, 15) is 9.59 Å². The monoisotopic (exact) mass is 220 g/mol. The van der Waals surface area contributed by atoms with E-state index >= 15 is 0 Å². The van der Waals surface area contributed by atoms with E-state index in [0.717, 1.165) is 25.8 Å². The third-order valence-corrected chi connectivity index (χ3v) is 2.77. The second-order valence-corrected chi connectivity index (χ2v) is 4.15. The molecule has 4 heteroatoms. The highest BCUT2D eigenvalue weighted by Crippen LogP contribution is 2.27. The van der Waals surface area contributed by atoms with Gasteiger partial charge in [0.2, 0.25) is 0 Å². The number of nitrogens with one attached hydrogen (secondary N) is 1. The van der Waals surface area contributed by atoms with Gasteiger partial charge in [0.15, 0.2) is 5.43 Å². The van der Waals surface area contributed by atoms with Crippen molar-refractivity contribution in [3.8, 4) is 0 Å². The van der Waals surface area contributed by atoms with Crippen LogP contribution in [0.15, 0.2) is 23.3 Å². The third-order valence-electron chi connectivity index (χ3n) is 2.77. The average Bonchev–Trinajstić information content (AvgIpc) is 3.09. The van der Waals surface area contributed by atoms with Crippen molar-refractivity contribution in [1.29, 1.82) is 0 Å². The predicted molar refractivity (Wildman–Crippen MR) is 61.4 cm³/mol. The number of amides is 1. The molecule has 1 heterocycles. The molecule has 0 spiro atoms. The zero-order valence-corrected chi connectivity index (χ0v) is 9.40. The van der Waals surface area contributed by atoms with Crippen molar-refractivity contribution in [3.63, 3.8) is 0 Å². The number of pyridine rings is 1. The summed E-state index contributed by atoms with van der Waals surface area (Å²) in [7, 11) is 0. The molecule has 0 bridgehead atoms. The van der Waals surface area contributed by atoms with Crippen molar-refractivity contribution in [1.82, 2.24) is 9.88 Å². The smallest absolute Gasteiger partial charge is 0.259 e. The van der Waals surface area contributed by atoms with Crippen LogP contribution in [0, 0.1) is 0 Å². The number of hydrogen-bond acceptors (Lipinski definition) is 2. The maximum absolute atomic E-state index is 12.1. The lowest BCUT2D eigenvalue weighted by Gasteiger charge is -2.21. The fraction of sp³-hybridized carbons (Fsp3) is 0.500. The standard InChI is InChI=1S/C12H16N2O2/c1-2-7-14(9-3-4-9)12(16)10-8-13-6-5-11(10)15/h5-6,8-9H,2-4,7H2,1H3,(H,13,15). The average molecular weight is 220 g/mol. The third kappa shape index (κ3) is 2.15. The number of aromatic nitrogens is 1. The number of nitrogens with zero attached hydrogens (tertiary/aromatic N) is 1. The van der Waals surface area contributed by atoms with E-state index in [1.54, 1.807) is 6.20 Å². The SMILES string of the molecule is CCCN(C(=O)c1c[nH]ccc1=O)C1CC1. The Labute approximate surface area is 94.3 Å². The number of hydrogen-bond donors (Lipinski definition) is 1. The van der Waals surface area contributed by atoms with Crippen LogP contribution in [0.4, 0.5) is 0 Å². The van der Waals surface area contributed by atoms with Gasteiger partial charge in [-0.15, -0.1) is 0 Å². The maximum atomic E-state index is 12.1. The zero-order valence-electron chi connectivity index (χ0n) is 9.40. The molecular weight excluding hydrogens is 204 g/mol. The number of aromatic amines is 1. The minimum atomic E-state index is -0.203. The van der Waals surface area contributed by atoms with E-state index in [1.807, 2.05) is 11.8 Å². The van der Waals surface area contributed by atoms with Gasteiger partial charge in [0, 0.05) is 31.0 Å². The fourth-order valence-electron chi connectivity index (χ4n) is 1.82. The molecule has 1 amide bonds. The van der Waals surface area contributed by atoms with E-state index in [1.165, 1.54) is 12.3 Å². The normalized spacial score (nSPS) is 14.8. The summed E-state index contributed by atoms with van der Waals surface area (Å²) in [5, 5.41) is 0. The molecule has 1 saturated carbocycles. The summed E-state index contributed by atoms with van der Waals surface area (Å²) in [4.78, 5) is 28.3. The molecular formula is C12H16N2O2. The number of carbonyl (C=O) groups is 1. The van der Waals surface area contributed by atoms with Gasteiger partial charge < -0.3 is 9.88 Å². The molecule has 1 N–H and O–H groups in total. The Kier molecular flexibility index (Phi) is 3.08. The summed E-state index contributed by atoms with van der Waals surface area (Å²) < 4.78 is 0. The summed E-state index contributed by atoms with van der Waals surface area (Å²) in [6.45, 7) is 2.77. The number of rotatable bonds is 4. The Balaban J connectivity index is 2.22. The van der Waals surface area contributed by atoms with E-state index in [2.05, 4.69) is 4.98 Å². The molecule has 2 rings (SSSR count). The van der Waals surface area contributed by atoms with Crippen LogP contribution < -0.4 is 5.43 Å². The summed E-state index contributed by atoms with van der Waals surface area (Å²) in [6, 6.07) is 1.75. The van der Waals surface area contributed by atoms with Crippen LogP contribution in [0.5, 0.6) is 0 Å². The molecule has 1 fully saturated rings. The molecule has 16 heavy (non-hydrogen) atoms. The van der Waals surface area contributed by atoms with Crippen LogP contribution in [0.25, 0.3) is 0 Å². The molecule has 1 aromatic heterocycles. The first-order valence-corrected chi connectivity index (χ1v) is 5.72. The summed E-state index contributed by atoms with van der Waals surface area (Å²) in [5.74, 6) is -0.133. The van der Waals surface area contributed by atoms with E-state index in [-0.39, 0.29) is 16.9 Å². The summed E-state index contributed by atoms with van der Waals surface area (Å²) in [5.41, 5.74) is 0.0494. The second kappa shape index (κ2) is 4.51. The Hall–Kier alpha value is -1.58. The van der Waals surface area contributed by atoms with Crippen LogP contribution in [-0.4, -0.2) is 28.4 Å². The molecule has 0 atom stereocenters. The molecule has 1 aromatic rings. The molecule has 0 unspecified atom stereocenters. The molecule has 86 valence electrons. The van der Waals surface area contributed by atoms with Crippen LogP contribution in [0.1, 0.15) is 36.5 Å². The highest BCUT2D eigenvalue weighted by molar-refractivity contribution is 5.94. The molecule has 0 saturated heterocycles. The van der Waals surface area contributed by atoms with Crippen molar-refractivity contribution < 1.29 is 4.79 Å².